The summed E-state index contributed by atoms with van der Waals surface area (Å²) in [4.78, 5) is 31.7. The van der Waals surface area contributed by atoms with Gasteiger partial charge in [0.1, 0.15) is 5.00 Å². The third kappa shape index (κ3) is 6.46. The average molecular weight is 571 g/mol. The Bertz CT molecular complexity index is 1380. The van der Waals surface area contributed by atoms with E-state index in [0.29, 0.717) is 49.8 Å². The summed E-state index contributed by atoms with van der Waals surface area (Å²) in [5.41, 5.74) is 1.74. The Morgan fingerprint density at radius 2 is 1.72 bits per heavy atom. The minimum Gasteiger partial charge on any atom is -0.378 e. The second-order valence-electron chi connectivity index (χ2n) is 9.30. The molecule has 1 fully saturated rings. The monoisotopic (exact) mass is 570 g/mol. The molecule has 2 aromatic rings. The molecular weight excluding hydrogens is 540 g/mol. The molecule has 0 saturated carbocycles. The number of morpholine rings is 1. The minimum atomic E-state index is -3.95. The molecule has 1 saturated heterocycles. The maximum Gasteiger partial charge on any atom is 0.257 e. The van der Waals surface area contributed by atoms with Crippen LogP contribution in [0.1, 0.15) is 44.0 Å². The molecule has 4 rings (SSSR count). The van der Waals surface area contributed by atoms with Crippen molar-refractivity contribution in [2.45, 2.75) is 30.7 Å². The summed E-state index contributed by atoms with van der Waals surface area (Å²) in [6.07, 6.45) is 0.707. The summed E-state index contributed by atoms with van der Waals surface area (Å²) >= 11 is 1.40. The van der Waals surface area contributed by atoms with E-state index in [1.807, 2.05) is 19.2 Å². The van der Waals surface area contributed by atoms with Crippen molar-refractivity contribution in [2.75, 3.05) is 58.3 Å². The molecule has 206 valence electrons. The fourth-order valence-electron chi connectivity index (χ4n) is 4.57. The first-order valence-corrected chi connectivity index (χ1v) is 14.9. The molecule has 2 aliphatic rings. The number of hydrogen-bond donors (Lipinski definition) is 1. The van der Waals surface area contributed by atoms with Crippen LogP contribution in [0.25, 0.3) is 0 Å². The number of thiophene rings is 1. The van der Waals surface area contributed by atoms with Crippen LogP contribution in [0.3, 0.4) is 0 Å². The number of nitrogens with zero attached hydrogens (tertiary/aromatic N) is 5. The summed E-state index contributed by atoms with van der Waals surface area (Å²) < 4.78 is 32.7. The number of rotatable bonds is 9. The molecular formula is C26H30N6O5S2. The zero-order chi connectivity index (χ0) is 28.0. The van der Waals surface area contributed by atoms with E-state index >= 15 is 0 Å². The largest absolute Gasteiger partial charge is 0.378 e. The van der Waals surface area contributed by atoms with Gasteiger partial charge in [0.15, 0.2) is 0 Å². The Morgan fingerprint density at radius 1 is 1.08 bits per heavy atom. The van der Waals surface area contributed by atoms with Crippen molar-refractivity contribution in [3.63, 3.8) is 0 Å². The smallest absolute Gasteiger partial charge is 0.257 e. The van der Waals surface area contributed by atoms with Crippen LogP contribution in [-0.2, 0) is 27.7 Å². The Labute approximate surface area is 232 Å². The molecule has 0 atom stereocenters. The number of hydrogen-bond acceptors (Lipinski definition) is 9. The van der Waals surface area contributed by atoms with Crippen molar-refractivity contribution < 1.29 is 22.7 Å². The van der Waals surface area contributed by atoms with Crippen LogP contribution in [0.2, 0.25) is 0 Å². The Hall–Kier alpha value is -3.33. The SMILES string of the molecule is CN1CCc2c(sc(NC(=O)c3ccc(S(=O)(=O)N(CCC#N)CCC#N)cc3)c2C(=O)N2CCOCC2)C1. The van der Waals surface area contributed by atoms with E-state index in [2.05, 4.69) is 10.2 Å². The Balaban J connectivity index is 1.57. The van der Waals surface area contributed by atoms with Gasteiger partial charge in [-0.05, 0) is 43.3 Å². The molecule has 1 aromatic carbocycles. The summed E-state index contributed by atoms with van der Waals surface area (Å²) in [5.74, 6) is -0.570. The van der Waals surface area contributed by atoms with Crippen LogP contribution in [0.5, 0.6) is 0 Å². The maximum absolute atomic E-state index is 13.5. The molecule has 0 unspecified atom stereocenters. The van der Waals surface area contributed by atoms with Crippen LogP contribution in [0.15, 0.2) is 29.2 Å². The first-order chi connectivity index (χ1) is 18.8. The van der Waals surface area contributed by atoms with Gasteiger partial charge in [0.05, 0.1) is 35.8 Å². The van der Waals surface area contributed by atoms with Gasteiger partial charge in [0.25, 0.3) is 11.8 Å². The lowest BCUT2D eigenvalue weighted by molar-refractivity contribution is 0.0303. The lowest BCUT2D eigenvalue weighted by Crippen LogP contribution is -2.41. The third-order valence-corrected chi connectivity index (χ3v) is 9.73. The van der Waals surface area contributed by atoms with Gasteiger partial charge in [-0.15, -0.1) is 11.3 Å². The zero-order valence-electron chi connectivity index (χ0n) is 21.7. The fraction of sp³-hybridized carbons (Fsp3) is 0.462. The fourth-order valence-corrected chi connectivity index (χ4v) is 7.33. The number of benzene rings is 1. The number of carbonyl (C=O) groups is 2. The molecule has 2 amide bonds. The molecule has 3 heterocycles. The summed E-state index contributed by atoms with van der Waals surface area (Å²) in [7, 11) is -1.93. The highest BCUT2D eigenvalue weighted by molar-refractivity contribution is 7.89. The quantitative estimate of drug-likeness (QED) is 0.483. The molecule has 0 aliphatic carbocycles. The maximum atomic E-state index is 13.5. The topological polar surface area (TPSA) is 147 Å². The molecule has 13 heteroatoms. The average Bonchev–Trinajstić information content (AvgIpc) is 3.29. The number of likely N-dealkylation sites (N-methyl/N-ethyl adjacent to an activating group) is 1. The predicted molar refractivity (Wildman–Crippen MR) is 145 cm³/mol. The van der Waals surface area contributed by atoms with Crippen LogP contribution in [-0.4, -0.2) is 87.3 Å². The molecule has 39 heavy (non-hydrogen) atoms. The van der Waals surface area contributed by atoms with Crippen LogP contribution in [0, 0.1) is 22.7 Å². The van der Waals surface area contributed by atoms with Crippen molar-refractivity contribution in [1.82, 2.24) is 14.1 Å². The van der Waals surface area contributed by atoms with E-state index in [9.17, 15) is 18.0 Å². The molecule has 0 radical (unpaired) electrons. The zero-order valence-corrected chi connectivity index (χ0v) is 23.3. The number of carbonyl (C=O) groups excluding carboxylic acids is 2. The lowest BCUT2D eigenvalue weighted by atomic mass is 10.0. The number of fused-ring (bicyclic) bond motifs is 1. The number of anilines is 1. The van der Waals surface area contributed by atoms with Crippen molar-refractivity contribution in [3.8, 4) is 12.1 Å². The third-order valence-electron chi connectivity index (χ3n) is 6.69. The van der Waals surface area contributed by atoms with Gasteiger partial charge in [-0.1, -0.05) is 0 Å². The normalized spacial score (nSPS) is 15.8. The molecule has 0 spiro atoms. The van der Waals surface area contributed by atoms with Crippen molar-refractivity contribution in [3.05, 3.63) is 45.8 Å². The van der Waals surface area contributed by atoms with E-state index in [4.69, 9.17) is 15.3 Å². The van der Waals surface area contributed by atoms with Gasteiger partial charge in [-0.3, -0.25) is 9.59 Å². The molecule has 2 aliphatic heterocycles. The first-order valence-electron chi connectivity index (χ1n) is 12.6. The Kier molecular flexibility index (Phi) is 9.32. The number of sulfonamides is 1. The number of nitrogens with one attached hydrogen (secondary N) is 1. The summed E-state index contributed by atoms with van der Waals surface area (Å²) in [5, 5.41) is 21.2. The Morgan fingerprint density at radius 3 is 2.33 bits per heavy atom. The highest BCUT2D eigenvalue weighted by atomic mass is 32.2. The van der Waals surface area contributed by atoms with E-state index in [-0.39, 0.29) is 42.3 Å². The van der Waals surface area contributed by atoms with Gasteiger partial charge in [-0.25, -0.2) is 8.42 Å². The minimum absolute atomic E-state index is 0.00274. The highest BCUT2D eigenvalue weighted by Gasteiger charge is 2.31. The van der Waals surface area contributed by atoms with E-state index in [1.54, 1.807) is 4.90 Å². The number of nitriles is 2. The van der Waals surface area contributed by atoms with Crippen LogP contribution in [0.4, 0.5) is 5.00 Å². The highest BCUT2D eigenvalue weighted by Crippen LogP contribution is 2.38. The first kappa shape index (κ1) is 28.7. The summed E-state index contributed by atoms with van der Waals surface area (Å²) in [6, 6.07) is 9.35. The standard InChI is InChI=1S/C26H30N6O5S2/c1-30-13-8-21-22(18-30)38-25(23(21)26(34)31-14-16-37-17-15-31)29-24(33)19-4-6-20(7-5-19)39(35,36)32(11-2-9-27)12-3-10-28/h4-7H,2-3,8,11-18H2,1H3,(H,29,33). The lowest BCUT2D eigenvalue weighted by Gasteiger charge is -2.28. The molecule has 0 bridgehead atoms. The van der Waals surface area contributed by atoms with Crippen LogP contribution < -0.4 is 5.32 Å². The van der Waals surface area contributed by atoms with Gasteiger partial charge < -0.3 is 19.9 Å². The van der Waals surface area contributed by atoms with E-state index < -0.39 is 15.9 Å². The van der Waals surface area contributed by atoms with Gasteiger partial charge in [0, 0.05) is 62.6 Å². The molecule has 1 aromatic heterocycles. The van der Waals surface area contributed by atoms with Gasteiger partial charge in [-0.2, -0.15) is 14.8 Å². The van der Waals surface area contributed by atoms with Crippen molar-refractivity contribution >= 4 is 38.2 Å². The van der Waals surface area contributed by atoms with E-state index in [0.717, 1.165) is 21.3 Å². The van der Waals surface area contributed by atoms with Gasteiger partial charge >= 0.3 is 0 Å². The van der Waals surface area contributed by atoms with Crippen LogP contribution >= 0.6 is 11.3 Å². The second-order valence-corrected chi connectivity index (χ2v) is 12.3. The summed E-state index contributed by atoms with van der Waals surface area (Å²) in [6.45, 7) is 3.39. The number of ether oxygens (including phenoxy) is 1. The molecule has 1 N–H and O–H groups in total. The van der Waals surface area contributed by atoms with Gasteiger partial charge in [0.2, 0.25) is 10.0 Å². The van der Waals surface area contributed by atoms with E-state index in [1.165, 1.54) is 35.6 Å². The second kappa shape index (κ2) is 12.7. The molecule has 11 nitrogen and oxygen atoms in total. The van der Waals surface area contributed by atoms with Crippen molar-refractivity contribution in [2.24, 2.45) is 0 Å². The van der Waals surface area contributed by atoms with Crippen molar-refractivity contribution in [1.29, 1.82) is 10.5 Å². The predicted octanol–water partition coefficient (Wildman–Crippen LogP) is 2.28. The number of amides is 2.